The third-order valence-electron chi connectivity index (χ3n) is 3.37. The lowest BCUT2D eigenvalue weighted by Crippen LogP contribution is -1.99. The van der Waals surface area contributed by atoms with Crippen molar-refractivity contribution in [1.82, 2.24) is 14.6 Å². The summed E-state index contributed by atoms with van der Waals surface area (Å²) >= 11 is 0. The third-order valence-corrected chi connectivity index (χ3v) is 3.37. The van der Waals surface area contributed by atoms with Gasteiger partial charge in [-0.05, 0) is 45.0 Å². The maximum atomic E-state index is 9.32. The van der Waals surface area contributed by atoms with Crippen LogP contribution in [0.15, 0.2) is 30.3 Å². The van der Waals surface area contributed by atoms with Gasteiger partial charge in [0.15, 0.2) is 5.65 Å². The summed E-state index contributed by atoms with van der Waals surface area (Å²) < 4.78 is 7.28. The Morgan fingerprint density at radius 3 is 2.73 bits per heavy atom. The van der Waals surface area contributed by atoms with Crippen molar-refractivity contribution >= 4 is 5.65 Å². The number of hydrogen-bond donors (Lipinski definition) is 0. The monoisotopic (exact) mass is 292 g/mol. The van der Waals surface area contributed by atoms with E-state index in [1.165, 1.54) is 0 Å². The van der Waals surface area contributed by atoms with Crippen molar-refractivity contribution < 1.29 is 4.74 Å². The minimum absolute atomic E-state index is 0.519. The van der Waals surface area contributed by atoms with E-state index in [9.17, 15) is 5.26 Å². The first-order valence-corrected chi connectivity index (χ1v) is 7.13. The first-order valence-electron chi connectivity index (χ1n) is 7.13. The molecule has 0 N–H and O–H groups in total. The molecule has 1 aromatic carbocycles. The topological polar surface area (TPSA) is 63.2 Å². The molecular formula is C17H16N4O. The van der Waals surface area contributed by atoms with Crippen molar-refractivity contribution in [2.24, 2.45) is 0 Å². The maximum Gasteiger partial charge on any atom is 0.156 e. The van der Waals surface area contributed by atoms with E-state index in [0.717, 1.165) is 28.3 Å². The minimum atomic E-state index is 0.519. The summed E-state index contributed by atoms with van der Waals surface area (Å²) in [6.45, 7) is 6.32. The van der Waals surface area contributed by atoms with Crippen molar-refractivity contribution in [1.29, 1.82) is 5.26 Å². The predicted molar refractivity (Wildman–Crippen MR) is 83.8 cm³/mol. The number of rotatable bonds is 3. The SMILES string of the molecule is CCOc1ccc(-c2cc(C)nc3cc(C)nn23)cc1C#N. The van der Waals surface area contributed by atoms with E-state index >= 15 is 0 Å². The second kappa shape index (κ2) is 5.49. The number of aryl methyl sites for hydroxylation is 2. The zero-order chi connectivity index (χ0) is 15.7. The van der Waals surface area contributed by atoms with E-state index in [0.29, 0.717) is 17.9 Å². The summed E-state index contributed by atoms with van der Waals surface area (Å²) in [4.78, 5) is 4.48. The Morgan fingerprint density at radius 2 is 2.00 bits per heavy atom. The Bertz CT molecular complexity index is 890. The molecular weight excluding hydrogens is 276 g/mol. The highest BCUT2D eigenvalue weighted by atomic mass is 16.5. The highest BCUT2D eigenvalue weighted by Crippen LogP contribution is 2.27. The maximum absolute atomic E-state index is 9.32. The molecule has 2 aromatic heterocycles. The van der Waals surface area contributed by atoms with E-state index in [1.807, 2.05) is 51.1 Å². The molecule has 0 spiro atoms. The highest BCUT2D eigenvalue weighted by Gasteiger charge is 2.11. The summed E-state index contributed by atoms with van der Waals surface area (Å²) in [5, 5.41) is 13.8. The largest absolute Gasteiger partial charge is 0.492 e. The average Bonchev–Trinajstić information content (AvgIpc) is 2.87. The quantitative estimate of drug-likeness (QED) is 0.743. The van der Waals surface area contributed by atoms with Crippen molar-refractivity contribution in [3.8, 4) is 23.1 Å². The minimum Gasteiger partial charge on any atom is -0.492 e. The number of fused-ring (bicyclic) bond motifs is 1. The second-order valence-electron chi connectivity index (χ2n) is 5.09. The van der Waals surface area contributed by atoms with Crippen LogP contribution in [0, 0.1) is 25.2 Å². The molecule has 0 aliphatic carbocycles. The van der Waals surface area contributed by atoms with Gasteiger partial charge in [-0.25, -0.2) is 9.50 Å². The first-order chi connectivity index (χ1) is 10.6. The number of nitrogens with zero attached hydrogens (tertiary/aromatic N) is 4. The van der Waals surface area contributed by atoms with Crippen molar-refractivity contribution in [2.45, 2.75) is 20.8 Å². The van der Waals surface area contributed by atoms with E-state index in [4.69, 9.17) is 4.74 Å². The van der Waals surface area contributed by atoms with E-state index in [-0.39, 0.29) is 0 Å². The molecule has 0 amide bonds. The molecule has 0 fully saturated rings. The molecule has 3 aromatic rings. The Labute approximate surface area is 128 Å². The first kappa shape index (κ1) is 14.1. The van der Waals surface area contributed by atoms with Gasteiger partial charge in [0.05, 0.1) is 23.6 Å². The Balaban J connectivity index is 2.21. The highest BCUT2D eigenvalue weighted by molar-refractivity contribution is 5.67. The lowest BCUT2D eigenvalue weighted by atomic mass is 10.1. The van der Waals surface area contributed by atoms with Crippen LogP contribution in [0.3, 0.4) is 0 Å². The molecule has 110 valence electrons. The number of hydrogen-bond acceptors (Lipinski definition) is 4. The van der Waals surface area contributed by atoms with Gasteiger partial charge in [0.1, 0.15) is 11.8 Å². The normalized spacial score (nSPS) is 10.6. The molecule has 3 rings (SSSR count). The fraction of sp³-hybridized carbons (Fsp3) is 0.235. The van der Waals surface area contributed by atoms with Crippen LogP contribution < -0.4 is 4.74 Å². The summed E-state index contributed by atoms with van der Waals surface area (Å²) in [7, 11) is 0. The van der Waals surface area contributed by atoms with E-state index in [1.54, 1.807) is 4.52 Å². The van der Waals surface area contributed by atoms with Gasteiger partial charge in [0.25, 0.3) is 0 Å². The smallest absolute Gasteiger partial charge is 0.156 e. The van der Waals surface area contributed by atoms with Gasteiger partial charge < -0.3 is 4.74 Å². The Kier molecular flexibility index (Phi) is 3.51. The molecule has 5 heteroatoms. The molecule has 5 nitrogen and oxygen atoms in total. The van der Waals surface area contributed by atoms with Crippen LogP contribution in [0.2, 0.25) is 0 Å². The molecule has 0 bridgehead atoms. The zero-order valence-corrected chi connectivity index (χ0v) is 12.8. The van der Waals surface area contributed by atoms with Crippen LogP contribution in [0.1, 0.15) is 23.9 Å². The van der Waals surface area contributed by atoms with E-state index in [2.05, 4.69) is 16.2 Å². The van der Waals surface area contributed by atoms with E-state index < -0.39 is 0 Å². The van der Waals surface area contributed by atoms with Gasteiger partial charge in [0, 0.05) is 17.3 Å². The summed E-state index contributed by atoms with van der Waals surface area (Å²) in [5.41, 5.74) is 4.97. The molecule has 22 heavy (non-hydrogen) atoms. The molecule has 0 unspecified atom stereocenters. The number of benzene rings is 1. The van der Waals surface area contributed by atoms with Crippen molar-refractivity contribution in [3.63, 3.8) is 0 Å². The van der Waals surface area contributed by atoms with Crippen molar-refractivity contribution in [2.75, 3.05) is 6.61 Å². The Morgan fingerprint density at radius 1 is 1.18 bits per heavy atom. The summed E-state index contributed by atoms with van der Waals surface area (Å²) in [6, 6.07) is 11.7. The van der Waals surface area contributed by atoms with Gasteiger partial charge in [-0.2, -0.15) is 10.4 Å². The van der Waals surface area contributed by atoms with Crippen LogP contribution in [0.5, 0.6) is 5.75 Å². The predicted octanol–water partition coefficient (Wildman–Crippen LogP) is 3.28. The molecule has 0 saturated heterocycles. The Hall–Kier alpha value is -2.87. The number of ether oxygens (including phenoxy) is 1. The number of nitriles is 1. The van der Waals surface area contributed by atoms with Gasteiger partial charge in [-0.3, -0.25) is 0 Å². The average molecular weight is 292 g/mol. The second-order valence-corrected chi connectivity index (χ2v) is 5.09. The standard InChI is InChI=1S/C17H16N4O/c1-4-22-16-6-5-13(9-14(16)10-18)15-7-11(2)19-17-8-12(3)20-21(15)17/h5-9H,4H2,1-3H3. The fourth-order valence-corrected chi connectivity index (χ4v) is 2.48. The molecule has 2 heterocycles. The fourth-order valence-electron chi connectivity index (χ4n) is 2.48. The molecule has 0 atom stereocenters. The summed E-state index contributed by atoms with van der Waals surface area (Å²) in [5.74, 6) is 0.604. The van der Waals surface area contributed by atoms with Gasteiger partial charge >= 0.3 is 0 Å². The molecule has 0 aliphatic rings. The number of aromatic nitrogens is 3. The summed E-state index contributed by atoms with van der Waals surface area (Å²) in [6.07, 6.45) is 0. The zero-order valence-electron chi connectivity index (χ0n) is 12.8. The van der Waals surface area contributed by atoms with Gasteiger partial charge in [0.2, 0.25) is 0 Å². The van der Waals surface area contributed by atoms with Crippen LogP contribution >= 0.6 is 0 Å². The van der Waals surface area contributed by atoms with Crippen LogP contribution in [-0.2, 0) is 0 Å². The van der Waals surface area contributed by atoms with Crippen LogP contribution in [-0.4, -0.2) is 21.2 Å². The van der Waals surface area contributed by atoms with Gasteiger partial charge in [-0.15, -0.1) is 0 Å². The van der Waals surface area contributed by atoms with Crippen molar-refractivity contribution in [3.05, 3.63) is 47.3 Å². The van der Waals surface area contributed by atoms with Crippen LogP contribution in [0.4, 0.5) is 0 Å². The van der Waals surface area contributed by atoms with Gasteiger partial charge in [-0.1, -0.05) is 0 Å². The third kappa shape index (κ3) is 2.40. The molecule has 0 aliphatic heterocycles. The lowest BCUT2D eigenvalue weighted by Gasteiger charge is -2.09. The lowest BCUT2D eigenvalue weighted by molar-refractivity contribution is 0.339. The molecule has 0 radical (unpaired) electrons. The molecule has 0 saturated carbocycles. The van der Waals surface area contributed by atoms with Crippen LogP contribution in [0.25, 0.3) is 16.9 Å².